The van der Waals surface area contributed by atoms with Crippen molar-refractivity contribution in [3.63, 3.8) is 0 Å². The fourth-order valence-electron chi connectivity index (χ4n) is 4.99. The molecule has 230 valence electrons. The number of carbonyl (C=O) groups excluding carboxylic acids is 2. The number of anilines is 1. The number of hydrogen-bond donors (Lipinski definition) is 2. The lowest BCUT2D eigenvalue weighted by atomic mass is 10.0. The van der Waals surface area contributed by atoms with Gasteiger partial charge in [0, 0.05) is 49.8 Å². The minimum Gasteiger partial charge on any atom is -0.382 e. The van der Waals surface area contributed by atoms with Gasteiger partial charge in [0.05, 0.1) is 16.6 Å². The van der Waals surface area contributed by atoms with E-state index < -0.39 is 5.54 Å². The second-order valence-electron chi connectivity index (χ2n) is 11.2. The number of nitrogen functional groups attached to an aromatic ring is 1. The van der Waals surface area contributed by atoms with Crippen molar-refractivity contribution in [1.82, 2.24) is 24.8 Å². The van der Waals surface area contributed by atoms with Gasteiger partial charge in [0.25, 0.3) is 0 Å². The number of pyridine rings is 2. The SMILES string of the molecule is CCOCc1nc2c(N)nc3ccccc3c2n1CC(C)(C)NC(=O)CCCCCCC(=O)CCSSc1ccccn1. The number of carbonyl (C=O) groups is 2. The molecule has 0 spiro atoms. The maximum absolute atomic E-state index is 12.9. The molecule has 0 bridgehead atoms. The number of amides is 1. The number of nitrogens with two attached hydrogens (primary N) is 1. The van der Waals surface area contributed by atoms with Crippen LogP contribution in [0.3, 0.4) is 0 Å². The van der Waals surface area contributed by atoms with Crippen molar-refractivity contribution in [2.24, 2.45) is 0 Å². The van der Waals surface area contributed by atoms with Crippen LogP contribution in [0.1, 0.15) is 71.5 Å². The third kappa shape index (κ3) is 9.67. The van der Waals surface area contributed by atoms with Crippen LogP contribution < -0.4 is 11.1 Å². The predicted molar refractivity (Wildman–Crippen MR) is 177 cm³/mol. The van der Waals surface area contributed by atoms with Crippen LogP contribution in [0.5, 0.6) is 0 Å². The minimum absolute atomic E-state index is 0.0188. The molecule has 0 saturated heterocycles. The molecule has 43 heavy (non-hydrogen) atoms. The van der Waals surface area contributed by atoms with Crippen molar-refractivity contribution in [2.45, 2.75) is 89.4 Å². The molecular weight excluding hydrogens is 581 g/mol. The number of aromatic nitrogens is 4. The van der Waals surface area contributed by atoms with E-state index in [1.54, 1.807) is 27.8 Å². The summed E-state index contributed by atoms with van der Waals surface area (Å²) in [5.74, 6) is 2.25. The first-order valence-electron chi connectivity index (χ1n) is 14.9. The number of hydrogen-bond acceptors (Lipinski definition) is 9. The average molecular weight is 623 g/mol. The van der Waals surface area contributed by atoms with Gasteiger partial charge in [-0.1, -0.05) is 47.9 Å². The van der Waals surface area contributed by atoms with Gasteiger partial charge in [0.15, 0.2) is 5.82 Å². The summed E-state index contributed by atoms with van der Waals surface area (Å²) < 4.78 is 7.83. The van der Waals surface area contributed by atoms with Crippen molar-refractivity contribution in [2.75, 3.05) is 18.1 Å². The quantitative estimate of drug-likeness (QED) is 0.0917. The highest BCUT2D eigenvalue weighted by molar-refractivity contribution is 8.76. The lowest BCUT2D eigenvalue weighted by Gasteiger charge is -2.28. The van der Waals surface area contributed by atoms with Crippen LogP contribution in [0.2, 0.25) is 0 Å². The van der Waals surface area contributed by atoms with E-state index in [2.05, 4.69) is 19.9 Å². The maximum Gasteiger partial charge on any atom is 0.220 e. The molecular formula is C32H42N6O3S2. The molecule has 0 unspecified atom stereocenters. The first kappa shape index (κ1) is 32.8. The molecule has 0 saturated carbocycles. The zero-order valence-electron chi connectivity index (χ0n) is 25.3. The van der Waals surface area contributed by atoms with Gasteiger partial charge >= 0.3 is 0 Å². The highest BCUT2D eigenvalue weighted by Gasteiger charge is 2.26. The number of imidazole rings is 1. The van der Waals surface area contributed by atoms with Gasteiger partial charge < -0.3 is 20.4 Å². The van der Waals surface area contributed by atoms with Gasteiger partial charge in [-0.05, 0) is 62.6 Å². The predicted octanol–water partition coefficient (Wildman–Crippen LogP) is 6.73. The van der Waals surface area contributed by atoms with Crippen LogP contribution in [0.15, 0.2) is 53.7 Å². The van der Waals surface area contributed by atoms with Gasteiger partial charge in [-0.25, -0.2) is 15.0 Å². The van der Waals surface area contributed by atoms with Crippen LogP contribution in [-0.4, -0.2) is 49.1 Å². The highest BCUT2D eigenvalue weighted by atomic mass is 33.1. The molecule has 4 rings (SSSR count). The van der Waals surface area contributed by atoms with E-state index in [1.807, 2.05) is 63.2 Å². The van der Waals surface area contributed by atoms with Crippen LogP contribution in [-0.2, 0) is 27.5 Å². The number of ketones is 1. The Morgan fingerprint density at radius 2 is 1.77 bits per heavy atom. The van der Waals surface area contributed by atoms with Gasteiger partial charge in [-0.3, -0.25) is 9.59 Å². The summed E-state index contributed by atoms with van der Waals surface area (Å²) in [6, 6.07) is 13.7. The topological polar surface area (TPSA) is 125 Å². The smallest absolute Gasteiger partial charge is 0.220 e. The van der Waals surface area contributed by atoms with E-state index in [4.69, 9.17) is 15.5 Å². The molecule has 0 aliphatic carbocycles. The van der Waals surface area contributed by atoms with Crippen molar-refractivity contribution in [1.29, 1.82) is 0 Å². The monoisotopic (exact) mass is 622 g/mol. The molecule has 4 aromatic rings. The number of Topliss-reactive ketones (excluding diaryl/α,β-unsaturated/α-hetero) is 1. The largest absolute Gasteiger partial charge is 0.382 e. The fourth-order valence-corrected chi connectivity index (χ4v) is 6.90. The van der Waals surface area contributed by atoms with Crippen molar-refractivity contribution in [3.05, 3.63) is 54.5 Å². The first-order chi connectivity index (χ1) is 20.8. The third-order valence-corrected chi connectivity index (χ3v) is 9.28. The summed E-state index contributed by atoms with van der Waals surface area (Å²) in [5, 5.41) is 5.14. The Morgan fingerprint density at radius 3 is 2.53 bits per heavy atom. The lowest BCUT2D eigenvalue weighted by molar-refractivity contribution is -0.123. The van der Waals surface area contributed by atoms with E-state index in [1.165, 1.54) is 0 Å². The van der Waals surface area contributed by atoms with Crippen LogP contribution in [0.4, 0.5) is 5.82 Å². The molecule has 3 N–H and O–H groups in total. The van der Waals surface area contributed by atoms with E-state index in [0.717, 1.165) is 58.7 Å². The Bertz CT molecular complexity index is 1510. The number of rotatable bonds is 18. The summed E-state index contributed by atoms with van der Waals surface area (Å²) in [6.07, 6.45) is 6.95. The van der Waals surface area contributed by atoms with E-state index in [9.17, 15) is 9.59 Å². The van der Waals surface area contributed by atoms with Crippen LogP contribution >= 0.6 is 21.6 Å². The summed E-state index contributed by atoms with van der Waals surface area (Å²) in [5.41, 5.74) is 8.13. The molecule has 3 heterocycles. The molecule has 1 amide bonds. The zero-order valence-corrected chi connectivity index (χ0v) is 26.9. The number of fused-ring (bicyclic) bond motifs is 3. The summed E-state index contributed by atoms with van der Waals surface area (Å²) in [4.78, 5) is 38.7. The third-order valence-electron chi connectivity index (χ3n) is 7.01. The Labute approximate surface area is 261 Å². The molecule has 11 heteroatoms. The molecule has 1 aromatic carbocycles. The number of benzene rings is 1. The lowest BCUT2D eigenvalue weighted by Crippen LogP contribution is -2.46. The summed E-state index contributed by atoms with van der Waals surface area (Å²) in [7, 11) is 3.27. The number of unbranched alkanes of at least 4 members (excludes halogenated alkanes) is 3. The number of nitrogens with zero attached hydrogens (tertiary/aromatic N) is 4. The Balaban J connectivity index is 1.22. The number of nitrogens with one attached hydrogen (secondary N) is 1. The second kappa shape index (κ2) is 16.1. The Kier molecular flexibility index (Phi) is 12.2. The van der Waals surface area contributed by atoms with Crippen molar-refractivity contribution in [3.8, 4) is 0 Å². The molecule has 9 nitrogen and oxygen atoms in total. The van der Waals surface area contributed by atoms with E-state index >= 15 is 0 Å². The standard InChI is InChI=1S/C32H42N6O3S2/c1-4-41-21-26-36-29-30(24-14-9-10-15-25(24)35-31(29)33)38(26)22-32(2,3)37-27(40)16-8-6-5-7-13-23(39)18-20-42-43-28-17-11-12-19-34-28/h9-12,14-15,17,19H,4-8,13,16,18,20-22H2,1-3H3,(H2,33,35)(H,37,40). The van der Waals surface area contributed by atoms with Gasteiger partial charge in [-0.2, -0.15) is 0 Å². The Hall–Kier alpha value is -3.15. The Morgan fingerprint density at radius 1 is 1.00 bits per heavy atom. The number of para-hydroxylation sites is 1. The maximum atomic E-state index is 12.9. The normalized spacial score (nSPS) is 11.8. The van der Waals surface area contributed by atoms with Crippen LogP contribution in [0.25, 0.3) is 21.9 Å². The van der Waals surface area contributed by atoms with Gasteiger partial charge in [0.1, 0.15) is 28.8 Å². The van der Waals surface area contributed by atoms with Crippen LogP contribution in [0, 0.1) is 0 Å². The average Bonchev–Trinajstić information content (AvgIpc) is 3.34. The molecule has 3 aromatic heterocycles. The van der Waals surface area contributed by atoms with E-state index in [0.29, 0.717) is 56.1 Å². The molecule has 0 fully saturated rings. The number of ether oxygens (including phenoxy) is 1. The molecule has 0 atom stereocenters. The van der Waals surface area contributed by atoms with Gasteiger partial charge in [-0.15, -0.1) is 0 Å². The van der Waals surface area contributed by atoms with Gasteiger partial charge in [0.2, 0.25) is 5.91 Å². The molecule has 0 aliphatic heterocycles. The fraction of sp³-hybridized carbons (Fsp3) is 0.469. The molecule has 0 radical (unpaired) electrons. The summed E-state index contributed by atoms with van der Waals surface area (Å²) in [6.45, 7) is 7.40. The van der Waals surface area contributed by atoms with Crippen molar-refractivity contribution >= 4 is 61.0 Å². The second-order valence-corrected chi connectivity index (χ2v) is 13.6. The minimum atomic E-state index is -0.538. The first-order valence-corrected chi connectivity index (χ1v) is 17.2. The zero-order chi connectivity index (χ0) is 30.7. The van der Waals surface area contributed by atoms with Crippen molar-refractivity contribution < 1.29 is 14.3 Å². The van der Waals surface area contributed by atoms with E-state index in [-0.39, 0.29) is 5.91 Å². The molecule has 0 aliphatic rings. The highest BCUT2D eigenvalue weighted by Crippen LogP contribution is 2.31. The summed E-state index contributed by atoms with van der Waals surface area (Å²) >= 11 is 0.